The Labute approximate surface area is 161 Å². The van der Waals surface area contributed by atoms with Gasteiger partial charge in [0.25, 0.3) is 10.0 Å². The number of nitrogens with zero attached hydrogens (tertiary/aromatic N) is 1. The second kappa shape index (κ2) is 8.54. The fourth-order valence-corrected chi connectivity index (χ4v) is 3.92. The Bertz CT molecular complexity index is 858. The zero-order valence-electron chi connectivity index (χ0n) is 16.0. The number of anilines is 1. The molecular weight excluding hydrogens is 362 g/mol. The fourth-order valence-electron chi connectivity index (χ4n) is 2.44. The van der Waals surface area contributed by atoms with Crippen molar-refractivity contribution >= 4 is 21.6 Å². The summed E-state index contributed by atoms with van der Waals surface area (Å²) in [5.41, 5.74) is 6.89. The normalized spacial score (nSPS) is 11.9. The molecule has 0 fully saturated rings. The molecule has 0 aromatic heterocycles. The summed E-state index contributed by atoms with van der Waals surface area (Å²) in [5, 5.41) is 2.74. The lowest BCUT2D eigenvalue weighted by molar-refractivity contribution is -0.121. The van der Waals surface area contributed by atoms with Crippen molar-refractivity contribution in [1.29, 1.82) is 0 Å². The van der Waals surface area contributed by atoms with E-state index in [-0.39, 0.29) is 23.8 Å². The largest absolute Gasteiger partial charge is 0.354 e. The summed E-state index contributed by atoms with van der Waals surface area (Å²) < 4.78 is 27.5. The van der Waals surface area contributed by atoms with Crippen molar-refractivity contribution in [3.8, 4) is 0 Å². The number of hydrogen-bond donors (Lipinski definition) is 2. The van der Waals surface area contributed by atoms with Crippen LogP contribution in [0.4, 0.5) is 5.69 Å². The van der Waals surface area contributed by atoms with Crippen LogP contribution in [0.3, 0.4) is 0 Å². The average Bonchev–Trinajstić information content (AvgIpc) is 2.61. The average molecular weight is 390 g/mol. The van der Waals surface area contributed by atoms with Gasteiger partial charge in [-0.3, -0.25) is 9.10 Å². The third-order valence-electron chi connectivity index (χ3n) is 3.94. The van der Waals surface area contributed by atoms with Crippen LogP contribution < -0.4 is 15.4 Å². The van der Waals surface area contributed by atoms with Crippen LogP contribution in [0.2, 0.25) is 0 Å². The van der Waals surface area contributed by atoms with Crippen LogP contribution in [-0.2, 0) is 14.8 Å². The standard InChI is InChI=1S/C20H27N3O3S/c1-16-9-11-17(12-10-16)23(14-13-19(24)22-15-20(2,3)21)27(25,26)18-7-5-4-6-8-18/h4-12H,13-15,21H2,1-3H3,(H,22,24). The zero-order chi connectivity index (χ0) is 20.1. The molecule has 0 heterocycles. The molecule has 0 radical (unpaired) electrons. The predicted molar refractivity (Wildman–Crippen MR) is 108 cm³/mol. The quantitative estimate of drug-likeness (QED) is 0.725. The Morgan fingerprint density at radius 1 is 1.07 bits per heavy atom. The molecule has 0 atom stereocenters. The maximum absolute atomic E-state index is 13.1. The van der Waals surface area contributed by atoms with Crippen LogP contribution in [0.25, 0.3) is 0 Å². The number of amides is 1. The first-order chi connectivity index (χ1) is 12.6. The second-order valence-corrected chi connectivity index (χ2v) is 9.10. The molecule has 2 aromatic rings. The number of benzene rings is 2. The minimum absolute atomic E-state index is 0.0377. The van der Waals surface area contributed by atoms with E-state index in [1.165, 1.54) is 4.31 Å². The third-order valence-corrected chi connectivity index (χ3v) is 5.78. The lowest BCUT2D eigenvalue weighted by Crippen LogP contribution is -2.45. The number of nitrogens with one attached hydrogen (secondary N) is 1. The number of carbonyl (C=O) groups excluding carboxylic acids is 1. The van der Waals surface area contributed by atoms with E-state index >= 15 is 0 Å². The number of nitrogens with two attached hydrogens (primary N) is 1. The van der Waals surface area contributed by atoms with E-state index in [0.717, 1.165) is 5.56 Å². The molecule has 0 saturated carbocycles. The Kier molecular flexibility index (Phi) is 6.62. The Morgan fingerprint density at radius 3 is 2.22 bits per heavy atom. The highest BCUT2D eigenvalue weighted by molar-refractivity contribution is 7.92. The predicted octanol–water partition coefficient (Wildman–Crippen LogP) is 2.43. The SMILES string of the molecule is Cc1ccc(N(CCC(=O)NCC(C)(C)N)S(=O)(=O)c2ccccc2)cc1. The first-order valence-electron chi connectivity index (χ1n) is 8.80. The second-order valence-electron chi connectivity index (χ2n) is 7.24. The van der Waals surface area contributed by atoms with Crippen LogP contribution in [0.5, 0.6) is 0 Å². The number of carbonyl (C=O) groups is 1. The van der Waals surface area contributed by atoms with Crippen molar-refractivity contribution in [2.45, 2.75) is 37.6 Å². The molecule has 2 rings (SSSR count). The van der Waals surface area contributed by atoms with Gasteiger partial charge < -0.3 is 11.1 Å². The van der Waals surface area contributed by atoms with Crippen molar-refractivity contribution in [2.24, 2.45) is 5.73 Å². The number of hydrogen-bond acceptors (Lipinski definition) is 4. The van der Waals surface area contributed by atoms with Gasteiger partial charge in [-0.15, -0.1) is 0 Å². The van der Waals surface area contributed by atoms with Crippen molar-refractivity contribution in [3.63, 3.8) is 0 Å². The first-order valence-corrected chi connectivity index (χ1v) is 10.2. The Morgan fingerprint density at radius 2 is 1.67 bits per heavy atom. The molecule has 0 aliphatic heterocycles. The molecule has 1 amide bonds. The number of rotatable bonds is 8. The van der Waals surface area contributed by atoms with E-state index < -0.39 is 15.6 Å². The van der Waals surface area contributed by atoms with Crippen LogP contribution in [0.1, 0.15) is 25.8 Å². The summed E-state index contributed by atoms with van der Waals surface area (Å²) in [6.45, 7) is 5.91. The monoisotopic (exact) mass is 389 g/mol. The minimum atomic E-state index is -3.78. The molecule has 0 saturated heterocycles. The molecule has 0 aliphatic carbocycles. The van der Waals surface area contributed by atoms with Crippen molar-refractivity contribution in [3.05, 3.63) is 60.2 Å². The topological polar surface area (TPSA) is 92.5 Å². The molecule has 146 valence electrons. The summed E-state index contributed by atoms with van der Waals surface area (Å²) in [6, 6.07) is 15.4. The summed E-state index contributed by atoms with van der Waals surface area (Å²) >= 11 is 0. The summed E-state index contributed by atoms with van der Waals surface area (Å²) in [5.74, 6) is -0.242. The molecule has 0 unspecified atom stereocenters. The lowest BCUT2D eigenvalue weighted by atomic mass is 10.1. The molecular formula is C20H27N3O3S. The molecule has 6 nitrogen and oxygen atoms in total. The van der Waals surface area contributed by atoms with E-state index in [2.05, 4.69) is 5.32 Å². The van der Waals surface area contributed by atoms with E-state index in [4.69, 9.17) is 5.73 Å². The zero-order valence-corrected chi connectivity index (χ0v) is 16.8. The Hall–Kier alpha value is -2.38. The smallest absolute Gasteiger partial charge is 0.264 e. The molecule has 27 heavy (non-hydrogen) atoms. The molecule has 0 aliphatic rings. The van der Waals surface area contributed by atoms with Gasteiger partial charge in [0.05, 0.1) is 10.6 Å². The van der Waals surface area contributed by atoms with Gasteiger partial charge in [0.2, 0.25) is 5.91 Å². The van der Waals surface area contributed by atoms with Crippen molar-refractivity contribution in [1.82, 2.24) is 5.32 Å². The molecule has 2 aromatic carbocycles. The highest BCUT2D eigenvalue weighted by Gasteiger charge is 2.25. The number of aryl methyl sites for hydroxylation is 1. The maximum atomic E-state index is 13.1. The Balaban J connectivity index is 2.23. The van der Waals surface area contributed by atoms with Crippen LogP contribution >= 0.6 is 0 Å². The van der Waals surface area contributed by atoms with Gasteiger partial charge in [-0.1, -0.05) is 35.9 Å². The lowest BCUT2D eigenvalue weighted by Gasteiger charge is -2.25. The van der Waals surface area contributed by atoms with Crippen molar-refractivity contribution < 1.29 is 13.2 Å². The van der Waals surface area contributed by atoms with Crippen LogP contribution in [0.15, 0.2) is 59.5 Å². The van der Waals surface area contributed by atoms with Gasteiger partial charge in [-0.05, 0) is 45.0 Å². The van der Waals surface area contributed by atoms with Gasteiger partial charge >= 0.3 is 0 Å². The molecule has 3 N–H and O–H groups in total. The summed E-state index contributed by atoms with van der Waals surface area (Å²) in [4.78, 5) is 12.3. The summed E-state index contributed by atoms with van der Waals surface area (Å²) in [6.07, 6.45) is 0.0377. The molecule has 0 spiro atoms. The van der Waals surface area contributed by atoms with Crippen LogP contribution in [-0.4, -0.2) is 33.0 Å². The van der Waals surface area contributed by atoms with E-state index in [1.54, 1.807) is 42.5 Å². The van der Waals surface area contributed by atoms with E-state index in [0.29, 0.717) is 12.2 Å². The highest BCUT2D eigenvalue weighted by Crippen LogP contribution is 2.24. The van der Waals surface area contributed by atoms with Crippen LogP contribution in [0, 0.1) is 6.92 Å². The van der Waals surface area contributed by atoms with Gasteiger partial charge in [-0.25, -0.2) is 8.42 Å². The minimum Gasteiger partial charge on any atom is -0.354 e. The maximum Gasteiger partial charge on any atom is 0.264 e. The molecule has 0 bridgehead atoms. The fraction of sp³-hybridized carbons (Fsp3) is 0.350. The van der Waals surface area contributed by atoms with E-state index in [1.807, 2.05) is 32.9 Å². The number of sulfonamides is 1. The molecule has 7 heteroatoms. The van der Waals surface area contributed by atoms with Gasteiger partial charge in [0.1, 0.15) is 0 Å². The summed E-state index contributed by atoms with van der Waals surface area (Å²) in [7, 11) is -3.78. The van der Waals surface area contributed by atoms with Crippen molar-refractivity contribution in [2.75, 3.05) is 17.4 Å². The van der Waals surface area contributed by atoms with Gasteiger partial charge in [0, 0.05) is 25.0 Å². The third kappa shape index (κ3) is 6.08. The first kappa shape index (κ1) is 20.9. The van der Waals surface area contributed by atoms with Gasteiger partial charge in [-0.2, -0.15) is 0 Å². The van der Waals surface area contributed by atoms with Gasteiger partial charge in [0.15, 0.2) is 0 Å². The highest BCUT2D eigenvalue weighted by atomic mass is 32.2. The van der Waals surface area contributed by atoms with E-state index in [9.17, 15) is 13.2 Å².